The summed E-state index contributed by atoms with van der Waals surface area (Å²) in [4.78, 5) is 48.1. The molecular formula is C16H19N3O5. The Kier molecular flexibility index (Phi) is 4.09. The van der Waals surface area contributed by atoms with Crippen LogP contribution in [0.2, 0.25) is 0 Å². The second-order valence-corrected chi connectivity index (χ2v) is 6.34. The minimum atomic E-state index is -1.36. The van der Waals surface area contributed by atoms with Gasteiger partial charge in [0.1, 0.15) is 11.1 Å². The Labute approximate surface area is 138 Å². The minimum Gasteiger partial charge on any atom is -0.480 e. The third kappa shape index (κ3) is 2.70. The van der Waals surface area contributed by atoms with Crippen LogP contribution < -0.4 is 10.6 Å². The highest BCUT2D eigenvalue weighted by Gasteiger charge is 2.43. The number of amides is 4. The molecule has 4 amide bonds. The smallest absolute Gasteiger partial charge is 0.329 e. The van der Waals surface area contributed by atoms with Crippen LogP contribution in [0.1, 0.15) is 36.7 Å². The number of imide groups is 1. The third-order valence-corrected chi connectivity index (χ3v) is 4.42. The molecule has 24 heavy (non-hydrogen) atoms. The SMILES string of the molecule is CN(C(=O)c1ccc(C2(C)NC(=O)NC2=O)cc1)C(C)(C)C(=O)O. The summed E-state index contributed by atoms with van der Waals surface area (Å²) < 4.78 is 0. The largest absolute Gasteiger partial charge is 0.480 e. The molecule has 1 saturated heterocycles. The van der Waals surface area contributed by atoms with E-state index in [0.29, 0.717) is 5.56 Å². The number of carbonyl (C=O) groups excluding carboxylic acids is 3. The molecular weight excluding hydrogens is 314 g/mol. The molecule has 0 spiro atoms. The topological polar surface area (TPSA) is 116 Å². The Morgan fingerprint density at radius 1 is 1.17 bits per heavy atom. The number of carbonyl (C=O) groups is 4. The standard InChI is InChI=1S/C16H19N3O5/c1-15(2,13(22)23)19(4)11(20)9-5-7-10(8-6-9)16(3)12(21)17-14(24)18-16/h5-8H,1-4H3,(H,22,23)(H2,17,18,21,24). The number of carboxylic acid groups (broad SMARTS) is 1. The van der Waals surface area contributed by atoms with Gasteiger partial charge in [0.25, 0.3) is 11.8 Å². The monoisotopic (exact) mass is 333 g/mol. The second-order valence-electron chi connectivity index (χ2n) is 6.34. The lowest BCUT2D eigenvalue weighted by atomic mass is 9.91. The molecule has 1 aromatic rings. The van der Waals surface area contributed by atoms with Crippen LogP contribution in [-0.2, 0) is 15.1 Å². The predicted molar refractivity (Wildman–Crippen MR) is 84.3 cm³/mol. The highest BCUT2D eigenvalue weighted by Crippen LogP contribution is 2.25. The zero-order chi connectivity index (χ0) is 18.3. The van der Waals surface area contributed by atoms with Gasteiger partial charge >= 0.3 is 12.0 Å². The number of likely N-dealkylation sites (N-methyl/N-ethyl adjacent to an activating group) is 1. The first kappa shape index (κ1) is 17.5. The predicted octanol–water partition coefficient (Wildman–Crippen LogP) is 0.676. The molecule has 0 saturated carbocycles. The second kappa shape index (κ2) is 5.63. The first-order valence-electron chi connectivity index (χ1n) is 7.26. The van der Waals surface area contributed by atoms with E-state index in [0.717, 1.165) is 4.90 Å². The van der Waals surface area contributed by atoms with E-state index in [4.69, 9.17) is 0 Å². The van der Waals surface area contributed by atoms with Gasteiger partial charge in [0.15, 0.2) is 0 Å². The van der Waals surface area contributed by atoms with Crippen LogP contribution in [0.5, 0.6) is 0 Å². The summed E-state index contributed by atoms with van der Waals surface area (Å²) in [5.74, 6) is -2.05. The number of hydrogen-bond acceptors (Lipinski definition) is 4. The molecule has 2 rings (SSSR count). The molecule has 8 heteroatoms. The summed E-state index contributed by atoms with van der Waals surface area (Å²) in [6, 6.07) is 5.52. The molecule has 1 aliphatic heterocycles. The molecule has 0 aliphatic carbocycles. The number of nitrogens with one attached hydrogen (secondary N) is 2. The van der Waals surface area contributed by atoms with Crippen LogP contribution in [0.3, 0.4) is 0 Å². The summed E-state index contributed by atoms with van der Waals surface area (Å²) in [5, 5.41) is 13.9. The lowest BCUT2D eigenvalue weighted by molar-refractivity contribution is -0.147. The number of benzene rings is 1. The number of rotatable bonds is 4. The number of aliphatic carboxylic acids is 1. The molecule has 0 bridgehead atoms. The molecule has 1 unspecified atom stereocenters. The number of nitrogens with zero attached hydrogens (tertiary/aromatic N) is 1. The molecule has 1 heterocycles. The van der Waals surface area contributed by atoms with Crippen LogP contribution in [-0.4, -0.2) is 46.4 Å². The Morgan fingerprint density at radius 3 is 2.12 bits per heavy atom. The van der Waals surface area contributed by atoms with Crippen LogP contribution in [0.4, 0.5) is 4.79 Å². The molecule has 128 valence electrons. The maximum Gasteiger partial charge on any atom is 0.329 e. The average Bonchev–Trinajstić information content (AvgIpc) is 2.79. The minimum absolute atomic E-state index is 0.281. The lowest BCUT2D eigenvalue weighted by Crippen LogP contribution is -2.50. The molecule has 1 aromatic carbocycles. The Hall–Kier alpha value is -2.90. The molecule has 1 fully saturated rings. The summed E-state index contributed by atoms with van der Waals surface area (Å²) in [6.45, 7) is 4.42. The van der Waals surface area contributed by atoms with Gasteiger partial charge in [-0.15, -0.1) is 0 Å². The van der Waals surface area contributed by atoms with Gasteiger partial charge in [-0.05, 0) is 38.5 Å². The van der Waals surface area contributed by atoms with Crippen molar-refractivity contribution in [2.24, 2.45) is 0 Å². The first-order valence-corrected chi connectivity index (χ1v) is 7.26. The van der Waals surface area contributed by atoms with E-state index in [9.17, 15) is 24.3 Å². The average molecular weight is 333 g/mol. The van der Waals surface area contributed by atoms with Crippen LogP contribution in [0.25, 0.3) is 0 Å². The van der Waals surface area contributed by atoms with Gasteiger partial charge in [-0.25, -0.2) is 9.59 Å². The van der Waals surface area contributed by atoms with E-state index in [2.05, 4.69) is 10.6 Å². The van der Waals surface area contributed by atoms with Gasteiger partial charge in [-0.3, -0.25) is 14.9 Å². The first-order chi connectivity index (χ1) is 11.0. The molecule has 1 aliphatic rings. The van der Waals surface area contributed by atoms with Crippen LogP contribution in [0, 0.1) is 0 Å². The van der Waals surface area contributed by atoms with Gasteiger partial charge in [0.05, 0.1) is 0 Å². The van der Waals surface area contributed by atoms with Gasteiger partial charge < -0.3 is 15.3 Å². The fourth-order valence-electron chi connectivity index (χ4n) is 2.28. The van der Waals surface area contributed by atoms with Crippen LogP contribution in [0.15, 0.2) is 24.3 Å². The third-order valence-electron chi connectivity index (χ3n) is 4.42. The van der Waals surface area contributed by atoms with E-state index >= 15 is 0 Å². The van der Waals surface area contributed by atoms with Crippen LogP contribution >= 0.6 is 0 Å². The van der Waals surface area contributed by atoms with Gasteiger partial charge in [-0.1, -0.05) is 12.1 Å². The summed E-state index contributed by atoms with van der Waals surface area (Å²) in [6.07, 6.45) is 0. The van der Waals surface area contributed by atoms with Crippen molar-refractivity contribution >= 4 is 23.8 Å². The van der Waals surface area contributed by atoms with Crippen molar-refractivity contribution in [3.63, 3.8) is 0 Å². The number of urea groups is 1. The van der Waals surface area contributed by atoms with Crippen molar-refractivity contribution in [3.05, 3.63) is 35.4 Å². The maximum atomic E-state index is 12.4. The van der Waals surface area contributed by atoms with E-state index in [1.807, 2.05) is 0 Å². The Balaban J connectivity index is 2.27. The highest BCUT2D eigenvalue weighted by atomic mass is 16.4. The summed E-state index contributed by atoms with van der Waals surface area (Å²) >= 11 is 0. The van der Waals surface area contributed by atoms with Crippen molar-refractivity contribution in [1.82, 2.24) is 15.5 Å². The van der Waals surface area contributed by atoms with Crippen molar-refractivity contribution in [1.29, 1.82) is 0 Å². The quantitative estimate of drug-likeness (QED) is 0.701. The van der Waals surface area contributed by atoms with Gasteiger partial charge in [0, 0.05) is 12.6 Å². The zero-order valence-corrected chi connectivity index (χ0v) is 13.8. The molecule has 8 nitrogen and oxygen atoms in total. The maximum absolute atomic E-state index is 12.4. The Bertz CT molecular complexity index is 726. The number of carboxylic acids is 1. The fourth-order valence-corrected chi connectivity index (χ4v) is 2.28. The van der Waals surface area contributed by atoms with E-state index in [1.165, 1.54) is 33.0 Å². The summed E-state index contributed by atoms with van der Waals surface area (Å²) in [7, 11) is 1.41. The van der Waals surface area contributed by atoms with Crippen molar-refractivity contribution in [2.75, 3.05) is 7.05 Å². The number of hydrogen-bond donors (Lipinski definition) is 3. The molecule has 0 radical (unpaired) electrons. The van der Waals surface area contributed by atoms with E-state index < -0.39 is 34.9 Å². The zero-order valence-electron chi connectivity index (χ0n) is 13.8. The van der Waals surface area contributed by atoms with Crippen molar-refractivity contribution < 1.29 is 24.3 Å². The molecule has 0 aromatic heterocycles. The molecule has 3 N–H and O–H groups in total. The Morgan fingerprint density at radius 2 is 1.71 bits per heavy atom. The molecule has 1 atom stereocenters. The van der Waals surface area contributed by atoms with E-state index in [1.54, 1.807) is 19.1 Å². The lowest BCUT2D eigenvalue weighted by Gasteiger charge is -2.31. The fraction of sp³-hybridized carbons (Fsp3) is 0.375. The normalized spacial score (nSPS) is 20.3. The van der Waals surface area contributed by atoms with E-state index in [-0.39, 0.29) is 5.56 Å². The van der Waals surface area contributed by atoms with Crippen molar-refractivity contribution in [2.45, 2.75) is 31.8 Å². The highest BCUT2D eigenvalue weighted by molar-refractivity contribution is 6.07. The van der Waals surface area contributed by atoms with Gasteiger partial charge in [-0.2, -0.15) is 0 Å². The van der Waals surface area contributed by atoms with Crippen molar-refractivity contribution in [3.8, 4) is 0 Å². The summed E-state index contributed by atoms with van der Waals surface area (Å²) in [5.41, 5.74) is -1.77. The van der Waals surface area contributed by atoms with Gasteiger partial charge in [0.2, 0.25) is 0 Å².